The van der Waals surface area contributed by atoms with Gasteiger partial charge >= 0.3 is 0 Å². The summed E-state index contributed by atoms with van der Waals surface area (Å²) in [6.07, 6.45) is 1.61. The fourth-order valence-corrected chi connectivity index (χ4v) is 1.59. The molecule has 0 saturated heterocycles. The van der Waals surface area contributed by atoms with E-state index in [4.69, 9.17) is 5.73 Å². The number of rotatable bonds is 4. The highest BCUT2D eigenvalue weighted by atomic mass is 32.2. The topological polar surface area (TPSA) is 72.2 Å². The molecular formula is C8H18N2O2S. The van der Waals surface area contributed by atoms with Crippen molar-refractivity contribution in [3.8, 4) is 0 Å². The summed E-state index contributed by atoms with van der Waals surface area (Å²) in [4.78, 5) is 11.3. The molecule has 0 aromatic carbocycles. The number of nitrogens with two attached hydrogens (primary N) is 1. The number of carbonyl (C=O) groups is 1. The molecule has 0 radical (unpaired) electrons. The van der Waals surface area contributed by atoms with Crippen molar-refractivity contribution in [2.45, 2.75) is 32.4 Å². The Morgan fingerprint density at radius 3 is 2.38 bits per heavy atom. The van der Waals surface area contributed by atoms with Gasteiger partial charge in [0.1, 0.15) is 0 Å². The van der Waals surface area contributed by atoms with Crippen LogP contribution in [0.25, 0.3) is 0 Å². The average Bonchev–Trinajstić information content (AvgIpc) is 1.82. The molecule has 0 fully saturated rings. The molecule has 0 saturated carbocycles. The second-order valence-electron chi connectivity index (χ2n) is 3.84. The Kier molecular flexibility index (Phi) is 4.56. The molecule has 0 bridgehead atoms. The monoisotopic (exact) mass is 206 g/mol. The van der Waals surface area contributed by atoms with Crippen molar-refractivity contribution in [3.63, 3.8) is 0 Å². The minimum atomic E-state index is -0.894. The van der Waals surface area contributed by atoms with Crippen LogP contribution in [0.15, 0.2) is 0 Å². The molecule has 0 aliphatic heterocycles. The highest BCUT2D eigenvalue weighted by molar-refractivity contribution is 7.84. The molecule has 2 atom stereocenters. The van der Waals surface area contributed by atoms with Gasteiger partial charge < -0.3 is 11.1 Å². The van der Waals surface area contributed by atoms with E-state index in [1.54, 1.807) is 20.1 Å². The van der Waals surface area contributed by atoms with Crippen LogP contribution in [-0.4, -0.2) is 33.7 Å². The third-order valence-electron chi connectivity index (χ3n) is 1.45. The third kappa shape index (κ3) is 5.76. The van der Waals surface area contributed by atoms with Crippen LogP contribution in [0.1, 0.15) is 20.8 Å². The lowest BCUT2D eigenvalue weighted by Crippen LogP contribution is -2.52. The van der Waals surface area contributed by atoms with E-state index in [-0.39, 0.29) is 11.9 Å². The molecule has 0 aromatic rings. The summed E-state index contributed by atoms with van der Waals surface area (Å²) in [6, 6.07) is -0.0961. The van der Waals surface area contributed by atoms with Crippen LogP contribution in [0.4, 0.5) is 0 Å². The van der Waals surface area contributed by atoms with Crippen LogP contribution < -0.4 is 11.1 Å². The molecule has 13 heavy (non-hydrogen) atoms. The summed E-state index contributed by atoms with van der Waals surface area (Å²) in [5.74, 6) is 0.243. The van der Waals surface area contributed by atoms with Gasteiger partial charge in [0.05, 0.1) is 5.54 Å². The zero-order valence-corrected chi connectivity index (χ0v) is 9.40. The van der Waals surface area contributed by atoms with Gasteiger partial charge in [-0.2, -0.15) is 0 Å². The van der Waals surface area contributed by atoms with Crippen molar-refractivity contribution < 1.29 is 9.00 Å². The summed E-state index contributed by atoms with van der Waals surface area (Å²) in [5, 5.41) is 2.69. The summed E-state index contributed by atoms with van der Waals surface area (Å²) in [5.41, 5.74) is 4.70. The van der Waals surface area contributed by atoms with Crippen LogP contribution in [0.5, 0.6) is 0 Å². The maximum absolute atomic E-state index is 11.3. The molecule has 2 unspecified atom stereocenters. The summed E-state index contributed by atoms with van der Waals surface area (Å²) in [6.45, 7) is 5.08. The maximum Gasteiger partial charge on any atom is 0.239 e. The van der Waals surface area contributed by atoms with Gasteiger partial charge in [0, 0.05) is 28.9 Å². The predicted octanol–water partition coefficient (Wildman–Crippen LogP) is -0.393. The lowest BCUT2D eigenvalue weighted by Gasteiger charge is -2.21. The van der Waals surface area contributed by atoms with Gasteiger partial charge in [0.25, 0.3) is 0 Å². The first-order valence-corrected chi connectivity index (χ1v) is 5.86. The van der Waals surface area contributed by atoms with E-state index < -0.39 is 16.3 Å². The molecule has 1 amide bonds. The van der Waals surface area contributed by atoms with Gasteiger partial charge in [-0.15, -0.1) is 0 Å². The van der Waals surface area contributed by atoms with E-state index in [1.165, 1.54) is 0 Å². The van der Waals surface area contributed by atoms with Gasteiger partial charge in [-0.25, -0.2) is 0 Å². The first-order chi connectivity index (χ1) is 5.73. The predicted molar refractivity (Wildman–Crippen MR) is 54.8 cm³/mol. The van der Waals surface area contributed by atoms with Crippen molar-refractivity contribution in [2.75, 3.05) is 12.0 Å². The number of nitrogens with one attached hydrogen (secondary N) is 1. The normalized spacial score (nSPS) is 16.4. The molecule has 78 valence electrons. The quantitative estimate of drug-likeness (QED) is 0.658. The second-order valence-corrected chi connectivity index (χ2v) is 5.32. The summed E-state index contributed by atoms with van der Waals surface area (Å²) < 4.78 is 10.8. The van der Waals surface area contributed by atoms with Crippen molar-refractivity contribution in [1.29, 1.82) is 0 Å². The average molecular weight is 206 g/mol. The Labute approximate surface area is 81.7 Å². The van der Waals surface area contributed by atoms with Gasteiger partial charge in [-0.05, 0) is 20.8 Å². The van der Waals surface area contributed by atoms with Crippen LogP contribution in [-0.2, 0) is 15.6 Å². The van der Waals surface area contributed by atoms with Crippen LogP contribution >= 0.6 is 0 Å². The first-order valence-electron chi connectivity index (χ1n) is 4.13. The first kappa shape index (κ1) is 12.6. The van der Waals surface area contributed by atoms with E-state index in [9.17, 15) is 9.00 Å². The van der Waals surface area contributed by atoms with Crippen molar-refractivity contribution in [1.82, 2.24) is 5.32 Å². The molecule has 0 aliphatic carbocycles. The maximum atomic E-state index is 11.3. The van der Waals surface area contributed by atoms with Crippen molar-refractivity contribution in [3.05, 3.63) is 0 Å². The number of amides is 1. The molecule has 0 spiro atoms. The van der Waals surface area contributed by atoms with Gasteiger partial charge in [0.15, 0.2) is 0 Å². The van der Waals surface area contributed by atoms with Crippen LogP contribution in [0.3, 0.4) is 0 Å². The molecule has 4 nitrogen and oxygen atoms in total. The zero-order chi connectivity index (χ0) is 10.6. The molecule has 0 heterocycles. The van der Waals surface area contributed by atoms with E-state index in [0.29, 0.717) is 5.75 Å². The second kappa shape index (κ2) is 4.72. The largest absolute Gasteiger partial charge is 0.351 e. The fourth-order valence-electron chi connectivity index (χ4n) is 0.804. The highest BCUT2D eigenvalue weighted by Crippen LogP contribution is 1.97. The SMILES string of the molecule is CC(CS(C)=O)NC(=O)C(C)(C)N. The van der Waals surface area contributed by atoms with Gasteiger partial charge in [0.2, 0.25) is 5.91 Å². The van der Waals surface area contributed by atoms with Gasteiger partial charge in [-0.1, -0.05) is 0 Å². The van der Waals surface area contributed by atoms with E-state index >= 15 is 0 Å². The standard InChI is InChI=1S/C8H18N2O2S/c1-6(5-13(4)12)10-7(11)8(2,3)9/h6H,5,9H2,1-4H3,(H,10,11). The van der Waals surface area contributed by atoms with Crippen molar-refractivity contribution >= 4 is 16.7 Å². The van der Waals surface area contributed by atoms with Crippen molar-refractivity contribution in [2.24, 2.45) is 5.73 Å². The Balaban J connectivity index is 4.00. The molecule has 0 aromatic heterocycles. The molecule has 0 rings (SSSR count). The Bertz CT molecular complexity index is 211. The van der Waals surface area contributed by atoms with E-state index in [1.807, 2.05) is 6.92 Å². The fraction of sp³-hybridized carbons (Fsp3) is 0.875. The zero-order valence-electron chi connectivity index (χ0n) is 8.59. The number of carbonyl (C=O) groups excluding carboxylic acids is 1. The molecule has 3 N–H and O–H groups in total. The van der Waals surface area contributed by atoms with Crippen LogP contribution in [0, 0.1) is 0 Å². The number of hydrogen-bond acceptors (Lipinski definition) is 3. The Hall–Kier alpha value is -0.420. The Morgan fingerprint density at radius 1 is 1.62 bits per heavy atom. The third-order valence-corrected chi connectivity index (χ3v) is 2.42. The van der Waals surface area contributed by atoms with Gasteiger partial charge in [-0.3, -0.25) is 9.00 Å². The van der Waals surface area contributed by atoms with Crippen LogP contribution in [0.2, 0.25) is 0 Å². The molecule has 5 heteroatoms. The smallest absolute Gasteiger partial charge is 0.239 e. The molecule has 0 aliphatic rings. The lowest BCUT2D eigenvalue weighted by molar-refractivity contribution is -0.125. The minimum absolute atomic E-state index is 0.0961. The minimum Gasteiger partial charge on any atom is -0.351 e. The molecular weight excluding hydrogens is 188 g/mol. The van der Waals surface area contributed by atoms with E-state index in [0.717, 1.165) is 0 Å². The lowest BCUT2D eigenvalue weighted by atomic mass is 10.1. The number of hydrogen-bond donors (Lipinski definition) is 2. The summed E-state index contributed by atoms with van der Waals surface area (Å²) in [7, 11) is -0.894. The highest BCUT2D eigenvalue weighted by Gasteiger charge is 2.23. The Morgan fingerprint density at radius 2 is 2.08 bits per heavy atom. The summed E-state index contributed by atoms with van der Waals surface area (Å²) >= 11 is 0. The van der Waals surface area contributed by atoms with E-state index in [2.05, 4.69) is 5.32 Å².